The van der Waals surface area contributed by atoms with Crippen LogP contribution in [0.3, 0.4) is 0 Å². The lowest BCUT2D eigenvalue weighted by atomic mass is 9.96. The van der Waals surface area contributed by atoms with Crippen molar-refractivity contribution in [2.45, 2.75) is 25.6 Å². The van der Waals surface area contributed by atoms with Crippen molar-refractivity contribution in [3.05, 3.63) is 12.7 Å². The molecule has 62 valence electrons. The lowest BCUT2D eigenvalue weighted by Crippen LogP contribution is -2.57. The normalized spacial score (nSPS) is 35.6. The van der Waals surface area contributed by atoms with Crippen LogP contribution in [-0.2, 0) is 14.3 Å². The van der Waals surface area contributed by atoms with Crippen LogP contribution in [0.15, 0.2) is 12.7 Å². The van der Waals surface area contributed by atoms with Crippen molar-refractivity contribution >= 4 is 5.97 Å². The molecule has 11 heavy (non-hydrogen) atoms. The molecule has 1 aliphatic heterocycles. The monoisotopic (exact) mass is 156 g/mol. The molecule has 0 aromatic heterocycles. The van der Waals surface area contributed by atoms with E-state index in [2.05, 4.69) is 6.58 Å². The summed E-state index contributed by atoms with van der Waals surface area (Å²) in [5, 5.41) is 0. The Labute approximate surface area is 66.0 Å². The van der Waals surface area contributed by atoms with Gasteiger partial charge in [0, 0.05) is 6.08 Å². The molecule has 0 aromatic carbocycles. The molecular weight excluding hydrogens is 144 g/mol. The van der Waals surface area contributed by atoms with Gasteiger partial charge in [-0.15, -0.1) is 0 Å². The van der Waals surface area contributed by atoms with Gasteiger partial charge in [0.2, 0.25) is 0 Å². The van der Waals surface area contributed by atoms with Crippen LogP contribution in [0.2, 0.25) is 0 Å². The average molecular weight is 156 g/mol. The van der Waals surface area contributed by atoms with Crippen molar-refractivity contribution in [3.8, 4) is 0 Å². The van der Waals surface area contributed by atoms with E-state index in [1.807, 2.05) is 13.8 Å². The van der Waals surface area contributed by atoms with Crippen LogP contribution in [0.5, 0.6) is 0 Å². The minimum Gasteiger partial charge on any atom is -0.451 e. The molecule has 0 bridgehead atoms. The number of carbonyl (C=O) groups excluding carboxylic acids is 1. The van der Waals surface area contributed by atoms with Gasteiger partial charge in [-0.3, -0.25) is 0 Å². The summed E-state index contributed by atoms with van der Waals surface area (Å²) in [6.45, 7) is 7.52. The third kappa shape index (κ3) is 1.43. The molecule has 1 rings (SSSR count). The zero-order chi connectivity index (χ0) is 8.48. The molecule has 0 saturated carbocycles. The van der Waals surface area contributed by atoms with Crippen molar-refractivity contribution in [2.24, 2.45) is 0 Å². The summed E-state index contributed by atoms with van der Waals surface area (Å²) in [5.74, 6) is -0.386. The molecule has 2 atom stereocenters. The third-order valence-electron chi connectivity index (χ3n) is 1.98. The van der Waals surface area contributed by atoms with Crippen molar-refractivity contribution in [1.82, 2.24) is 0 Å². The second-order valence-corrected chi connectivity index (χ2v) is 2.89. The van der Waals surface area contributed by atoms with Crippen LogP contribution in [0.1, 0.15) is 13.8 Å². The predicted octanol–water partition coefficient (Wildman–Crippen LogP) is 0.893. The van der Waals surface area contributed by atoms with Crippen molar-refractivity contribution in [1.29, 1.82) is 0 Å². The van der Waals surface area contributed by atoms with Gasteiger partial charge in [0.15, 0.2) is 5.60 Å². The Hall–Kier alpha value is -0.830. The van der Waals surface area contributed by atoms with E-state index in [0.717, 1.165) is 6.08 Å². The molecule has 3 heteroatoms. The quantitative estimate of drug-likeness (QED) is 0.440. The molecule has 1 aliphatic rings. The fourth-order valence-electron chi connectivity index (χ4n) is 0.869. The Kier molecular flexibility index (Phi) is 2.00. The van der Waals surface area contributed by atoms with Gasteiger partial charge in [0.05, 0.1) is 12.7 Å². The van der Waals surface area contributed by atoms with Gasteiger partial charge in [0.1, 0.15) is 0 Å². The van der Waals surface area contributed by atoms with Crippen LogP contribution < -0.4 is 0 Å². The van der Waals surface area contributed by atoms with Crippen LogP contribution >= 0.6 is 0 Å². The Bertz CT molecular complexity index is 188. The summed E-state index contributed by atoms with van der Waals surface area (Å²) >= 11 is 0. The van der Waals surface area contributed by atoms with E-state index in [4.69, 9.17) is 9.47 Å². The third-order valence-corrected chi connectivity index (χ3v) is 1.98. The first-order valence-corrected chi connectivity index (χ1v) is 3.55. The van der Waals surface area contributed by atoms with E-state index in [9.17, 15) is 4.79 Å². The Morgan fingerprint density at radius 1 is 1.91 bits per heavy atom. The van der Waals surface area contributed by atoms with Crippen LogP contribution in [0, 0.1) is 0 Å². The van der Waals surface area contributed by atoms with E-state index < -0.39 is 5.60 Å². The highest BCUT2D eigenvalue weighted by Crippen LogP contribution is 2.28. The van der Waals surface area contributed by atoms with Gasteiger partial charge in [0.25, 0.3) is 0 Å². The van der Waals surface area contributed by atoms with Gasteiger partial charge in [-0.1, -0.05) is 6.58 Å². The Morgan fingerprint density at radius 2 is 2.55 bits per heavy atom. The van der Waals surface area contributed by atoms with Gasteiger partial charge in [-0.2, -0.15) is 0 Å². The van der Waals surface area contributed by atoms with E-state index >= 15 is 0 Å². The largest absolute Gasteiger partial charge is 0.451 e. The summed E-state index contributed by atoms with van der Waals surface area (Å²) in [4.78, 5) is 10.8. The maximum atomic E-state index is 10.8. The fraction of sp³-hybridized carbons (Fsp3) is 0.625. The molecule has 0 aromatic rings. The molecule has 2 unspecified atom stereocenters. The van der Waals surface area contributed by atoms with E-state index in [-0.39, 0.29) is 12.1 Å². The zero-order valence-corrected chi connectivity index (χ0v) is 6.79. The fourth-order valence-corrected chi connectivity index (χ4v) is 0.869. The number of carbonyl (C=O) groups is 1. The number of hydrogen-bond acceptors (Lipinski definition) is 3. The highest BCUT2D eigenvalue weighted by atomic mass is 16.6. The van der Waals surface area contributed by atoms with E-state index in [1.54, 1.807) is 0 Å². The molecule has 0 N–H and O–H groups in total. The van der Waals surface area contributed by atoms with Crippen LogP contribution in [0.4, 0.5) is 0 Å². The summed E-state index contributed by atoms with van der Waals surface area (Å²) in [6, 6.07) is 0. The lowest BCUT2D eigenvalue weighted by molar-refractivity contribution is -0.236. The van der Waals surface area contributed by atoms with E-state index in [0.29, 0.717) is 6.61 Å². The Morgan fingerprint density at radius 3 is 2.82 bits per heavy atom. The predicted molar refractivity (Wildman–Crippen MR) is 40.1 cm³/mol. The average Bonchev–Trinajstić information content (AvgIpc) is 2.01. The maximum absolute atomic E-state index is 10.8. The van der Waals surface area contributed by atoms with Gasteiger partial charge in [-0.05, 0) is 13.8 Å². The zero-order valence-electron chi connectivity index (χ0n) is 6.79. The van der Waals surface area contributed by atoms with Crippen molar-refractivity contribution < 1.29 is 14.3 Å². The van der Waals surface area contributed by atoms with Gasteiger partial charge in [-0.25, -0.2) is 4.79 Å². The summed E-state index contributed by atoms with van der Waals surface area (Å²) in [7, 11) is 0. The summed E-state index contributed by atoms with van der Waals surface area (Å²) < 4.78 is 10.1. The van der Waals surface area contributed by atoms with Crippen molar-refractivity contribution in [2.75, 3.05) is 6.61 Å². The smallest absolute Gasteiger partial charge is 0.330 e. The highest BCUT2D eigenvalue weighted by molar-refractivity contribution is 5.81. The SMILES string of the molecule is C=CC(=O)OC1(C)COC1C. The summed E-state index contributed by atoms with van der Waals surface area (Å²) in [5.41, 5.74) is -0.439. The number of hydrogen-bond donors (Lipinski definition) is 0. The second-order valence-electron chi connectivity index (χ2n) is 2.89. The number of rotatable bonds is 2. The lowest BCUT2D eigenvalue weighted by Gasteiger charge is -2.43. The molecule has 0 amide bonds. The Balaban J connectivity index is 2.47. The number of ether oxygens (including phenoxy) is 2. The first-order chi connectivity index (χ1) is 5.08. The highest BCUT2D eigenvalue weighted by Gasteiger charge is 2.44. The molecule has 0 aliphatic carbocycles. The molecular formula is C8H12O3. The second kappa shape index (κ2) is 2.66. The first-order valence-electron chi connectivity index (χ1n) is 3.55. The molecule has 1 saturated heterocycles. The van der Waals surface area contributed by atoms with Crippen molar-refractivity contribution in [3.63, 3.8) is 0 Å². The first kappa shape index (κ1) is 8.27. The summed E-state index contributed by atoms with van der Waals surface area (Å²) in [6.07, 6.45) is 1.16. The minimum atomic E-state index is -0.439. The van der Waals surface area contributed by atoms with Gasteiger partial charge < -0.3 is 9.47 Å². The minimum absolute atomic E-state index is 0.00796. The van der Waals surface area contributed by atoms with Crippen LogP contribution in [0.25, 0.3) is 0 Å². The van der Waals surface area contributed by atoms with E-state index in [1.165, 1.54) is 0 Å². The maximum Gasteiger partial charge on any atom is 0.330 e. The molecule has 1 fully saturated rings. The molecule has 0 radical (unpaired) electrons. The topological polar surface area (TPSA) is 35.5 Å². The molecule has 0 spiro atoms. The molecule has 3 nitrogen and oxygen atoms in total. The van der Waals surface area contributed by atoms with Gasteiger partial charge >= 0.3 is 5.97 Å². The number of esters is 1. The standard InChI is InChI=1S/C8H12O3/c1-4-7(9)11-8(3)5-10-6(8)2/h4,6H,1,5H2,2-3H3. The molecule has 1 heterocycles. The van der Waals surface area contributed by atoms with Crippen LogP contribution in [-0.4, -0.2) is 24.3 Å².